The summed E-state index contributed by atoms with van der Waals surface area (Å²) in [6, 6.07) is 17.0. The molecule has 4 aliphatic rings. The number of epoxide rings is 1. The number of carbonyl (C=O) groups excluding carboxylic acids is 14. The molecule has 0 radical (unpaired) electrons. The fraction of sp³-hybridized carbons (Fsp3) is 0.454. The van der Waals surface area contributed by atoms with Gasteiger partial charge < -0.3 is 108 Å². The number of carboxylic acids is 1. The number of halogens is 3. The number of methoxy groups -OCH3 is 1. The van der Waals surface area contributed by atoms with Gasteiger partial charge in [0.2, 0.25) is 82.7 Å². The molecule has 5 unspecified atom stereocenters. The number of carbonyl (C=O) groups is 15. The minimum atomic E-state index is -1.92. The van der Waals surface area contributed by atoms with Crippen LogP contribution in [-0.2, 0) is 125 Å². The number of amides is 14. The first-order valence-corrected chi connectivity index (χ1v) is 46.8. The summed E-state index contributed by atoms with van der Waals surface area (Å²) in [6.07, 6.45) is -2.51. The molecule has 15 atom stereocenters. The van der Waals surface area contributed by atoms with Crippen LogP contribution < -0.4 is 53.6 Å². The van der Waals surface area contributed by atoms with E-state index in [1.54, 1.807) is 122 Å². The van der Waals surface area contributed by atoms with Crippen LogP contribution in [0.1, 0.15) is 99.1 Å². The number of ether oxygens (including phenoxy) is 3. The Labute approximate surface area is 799 Å². The Kier molecular flexibility index (Phi) is 37.6. The molecule has 5 heterocycles. The fourth-order valence-corrected chi connectivity index (χ4v) is 18.1. The number of aromatic amines is 1. The number of aromatic nitrogens is 1. The molecule has 740 valence electrons. The number of nitrogens with one attached hydrogen (secondary N) is 10. The minimum absolute atomic E-state index is 0.0203. The van der Waals surface area contributed by atoms with Gasteiger partial charge in [-0.3, -0.25) is 76.8 Å². The lowest BCUT2D eigenvalue weighted by molar-refractivity contribution is -0.152. The lowest BCUT2D eigenvalue weighted by atomic mass is 9.97. The maximum absolute atomic E-state index is 15.7. The molecular formula is C97H119F3N16O21S. The smallest absolute Gasteiger partial charge is 0.305 e. The summed E-state index contributed by atoms with van der Waals surface area (Å²) in [5.41, 5.74) is 8.28. The molecule has 0 aliphatic carbocycles. The fourth-order valence-electron chi connectivity index (χ4n) is 17.2. The first-order valence-electron chi connectivity index (χ1n) is 45.7. The summed E-state index contributed by atoms with van der Waals surface area (Å²) in [4.78, 5) is 233. The van der Waals surface area contributed by atoms with E-state index in [1.807, 2.05) is 6.92 Å². The summed E-state index contributed by atoms with van der Waals surface area (Å²) < 4.78 is 63.1. The summed E-state index contributed by atoms with van der Waals surface area (Å²) in [6.45, 7) is 3.73. The normalized spacial score (nSPS) is 24.7. The number of phenols is 2. The van der Waals surface area contributed by atoms with Gasteiger partial charge in [0.1, 0.15) is 96.3 Å². The monoisotopic (exact) mass is 1930 g/mol. The number of carboxylic acid groups (broad SMARTS) is 1. The average molecular weight is 1930 g/mol. The van der Waals surface area contributed by atoms with Crippen molar-refractivity contribution in [2.24, 2.45) is 11.7 Å². The topological polar surface area (TPSA) is 514 Å². The van der Waals surface area contributed by atoms with E-state index in [1.165, 1.54) is 69.6 Å². The van der Waals surface area contributed by atoms with Crippen molar-refractivity contribution in [3.63, 3.8) is 0 Å². The minimum Gasteiger partial charge on any atom is -0.508 e. The van der Waals surface area contributed by atoms with E-state index >= 15 is 47.1 Å². The lowest BCUT2D eigenvalue weighted by Crippen LogP contribution is -2.62. The molecule has 6 aromatic carbocycles. The molecule has 37 nitrogen and oxygen atoms in total. The molecule has 14 amide bonds. The molecule has 41 heteroatoms. The number of phenolic OH excluding ortho intramolecular Hbond substituents is 2. The van der Waals surface area contributed by atoms with Crippen LogP contribution in [0.25, 0.3) is 10.9 Å². The number of benzene rings is 6. The van der Waals surface area contributed by atoms with E-state index in [9.17, 15) is 53.3 Å². The first-order chi connectivity index (χ1) is 66.0. The van der Waals surface area contributed by atoms with Gasteiger partial charge in [-0.05, 0) is 114 Å². The lowest BCUT2D eigenvalue weighted by Gasteiger charge is -2.38. The van der Waals surface area contributed by atoms with Gasteiger partial charge in [0.15, 0.2) is 17.5 Å². The number of rotatable bonds is 24. The maximum Gasteiger partial charge on any atom is 0.305 e. The maximum atomic E-state index is 15.7. The van der Waals surface area contributed by atoms with Gasteiger partial charge in [0.25, 0.3) is 0 Å². The van der Waals surface area contributed by atoms with Crippen molar-refractivity contribution in [2.75, 3.05) is 79.2 Å². The van der Waals surface area contributed by atoms with Crippen LogP contribution in [-0.4, -0.2) is 304 Å². The first kappa shape index (κ1) is 105. The van der Waals surface area contributed by atoms with Gasteiger partial charge in [-0.25, -0.2) is 13.2 Å². The molecular weight excluding hydrogens is 1810 g/mol. The zero-order chi connectivity index (χ0) is 99.7. The quantitative estimate of drug-likeness (QED) is 0.0305. The van der Waals surface area contributed by atoms with Crippen molar-refractivity contribution in [1.82, 2.24) is 77.3 Å². The van der Waals surface area contributed by atoms with Gasteiger partial charge >= 0.3 is 5.97 Å². The molecule has 0 saturated carbocycles. The molecule has 7 aromatic rings. The Hall–Kier alpha value is -13.5. The van der Waals surface area contributed by atoms with Crippen molar-refractivity contribution < 1.29 is 115 Å². The Morgan fingerprint density at radius 2 is 1.12 bits per heavy atom. The molecule has 11 rings (SSSR count). The van der Waals surface area contributed by atoms with Gasteiger partial charge in [-0.1, -0.05) is 137 Å². The number of nitrogens with zero attached hydrogens (tertiary/aromatic N) is 5. The number of primary amides is 1. The molecule has 1 aromatic heterocycles. The number of fused-ring (bicyclic) bond motifs is 5. The third-order valence-corrected chi connectivity index (χ3v) is 25.9. The number of aliphatic carboxylic acids is 1. The third kappa shape index (κ3) is 28.4. The Morgan fingerprint density at radius 1 is 0.565 bits per heavy atom. The van der Waals surface area contributed by atoms with E-state index in [0.29, 0.717) is 75.5 Å². The second kappa shape index (κ2) is 49.5. The molecule has 4 saturated heterocycles. The largest absolute Gasteiger partial charge is 0.508 e. The summed E-state index contributed by atoms with van der Waals surface area (Å²) >= 11 is 0.666. The molecule has 4 aliphatic heterocycles. The van der Waals surface area contributed by atoms with E-state index in [2.05, 4.69) is 52.8 Å². The van der Waals surface area contributed by atoms with Gasteiger partial charge in [-0.15, -0.1) is 11.8 Å². The predicted octanol–water partition coefficient (Wildman–Crippen LogP) is 2.23. The Morgan fingerprint density at radius 3 is 1.74 bits per heavy atom. The number of thioether (sulfide) groups is 1. The number of morpholine rings is 1. The second-order valence-corrected chi connectivity index (χ2v) is 36.2. The molecule has 0 bridgehead atoms. The Balaban J connectivity index is 0.978. The highest BCUT2D eigenvalue weighted by Crippen LogP contribution is 2.35. The summed E-state index contributed by atoms with van der Waals surface area (Å²) in [7, 11) is 5.14. The van der Waals surface area contributed by atoms with Crippen molar-refractivity contribution in [1.29, 1.82) is 0 Å². The van der Waals surface area contributed by atoms with E-state index < -0.39 is 234 Å². The Bertz CT molecular complexity index is 5480. The van der Waals surface area contributed by atoms with Crippen molar-refractivity contribution in [3.8, 4) is 11.5 Å². The number of para-hydroxylation sites is 1. The highest BCUT2D eigenvalue weighted by molar-refractivity contribution is 8.00. The third-order valence-electron chi connectivity index (χ3n) is 24.9. The van der Waals surface area contributed by atoms with Gasteiger partial charge in [-0.2, -0.15) is 0 Å². The molecule has 15 N–H and O–H groups in total. The number of nitrogens with two attached hydrogens (primary N) is 1. The van der Waals surface area contributed by atoms with Crippen LogP contribution in [0.2, 0.25) is 0 Å². The zero-order valence-electron chi connectivity index (χ0n) is 77.6. The van der Waals surface area contributed by atoms with E-state index in [-0.39, 0.29) is 108 Å². The van der Waals surface area contributed by atoms with Crippen molar-refractivity contribution >= 4 is 111 Å². The van der Waals surface area contributed by atoms with Crippen molar-refractivity contribution in [3.05, 3.63) is 203 Å². The zero-order valence-corrected chi connectivity index (χ0v) is 78.4. The van der Waals surface area contributed by atoms with Crippen LogP contribution in [0.15, 0.2) is 152 Å². The van der Waals surface area contributed by atoms with Crippen LogP contribution >= 0.6 is 11.8 Å². The number of unbranched alkanes of at least 4 members (excludes halogenated alkanes) is 1. The van der Waals surface area contributed by atoms with Crippen LogP contribution in [0.5, 0.6) is 11.5 Å². The SMILES string of the molecule is CCCC[C@H]1C(=O)N2CCC[C@@H]2C(=O)N[C@@H](CC(=O)O)C(=O)N[C@@H](C(C)C)C(=O)N(C)C(Cc2ccccc2)C(=O)N[C@@H](Cc2ccc(O)cc2)C2OC2N2CCOCC2C(=O)N[C@@H](Cc2c[nH]c3ccccc23)C(=O)N[C@@H](Cc2ccc(O)cc2)C(=O)N[C@@H](CCOC)C(=O)N[C@H](C(=O)NCC(N)=O)CSCC(=O)N[C@@H](Cc2cc(F)c(F)c(F)c2)C(=O)N(C)C(Cc2ccccc2)C(=O)N1C. The summed E-state index contributed by atoms with van der Waals surface area (Å²) in [5.74, 6) is -22.3. The number of H-pyrrole nitrogens is 1. The molecule has 0 spiro atoms. The molecule has 138 heavy (non-hydrogen) atoms. The average Bonchev–Trinajstić information content (AvgIpc) is 1.61. The van der Waals surface area contributed by atoms with Crippen molar-refractivity contribution in [2.45, 2.75) is 195 Å². The van der Waals surface area contributed by atoms with E-state index in [0.717, 1.165) is 14.7 Å². The number of hydrogen-bond donors (Lipinski definition) is 14. The van der Waals surface area contributed by atoms with Gasteiger partial charge in [0, 0.05) is 103 Å². The van der Waals surface area contributed by atoms with Gasteiger partial charge in [0.05, 0.1) is 38.0 Å². The van der Waals surface area contributed by atoms with Crippen LogP contribution in [0.4, 0.5) is 13.2 Å². The van der Waals surface area contributed by atoms with Crippen LogP contribution in [0.3, 0.4) is 0 Å². The molecule has 4 fully saturated rings. The standard InChI is InChI=1S/C97H119F3N16O21S/c1-8-9-25-75-95(133)115-36-18-26-74(115)90(128)109-71(48-81(121)122)89(127)111-83(54(2)3)96(134)113(5)76(45-55-19-12-10-13-20-55)91(129)106-68(42-57-27-31-61(117)32-28-57)84-97(137-84)116-37-39-136-51-78(116)92(130)108-70(47-60-49-102-66-24-17-16-23-63(60)66)88(126)107-69(43-58-29-33-62(118)34-30-58)87(125)105-67(35-38-135-7)86(124)110-73(85(123)103-50-79(101)119)52-138-53-80(120)104-72(44-59-40-64(98)82(100)65(99)41-59)93(131)114(6)77(94(132)112(75)4)46-56-21-14-11-15-22-56/h10-17,19-24,27-34,40-41,49,54,67-78,83-84,97,102,117-118H,8-9,18,25-26,35-39,42-48,50-53H2,1-7H3,(H2,101,119)(H,103,123)(H,104,120)(H,105,125)(H,106,129)(H,107,126)(H,108,130)(H,109,128)(H,110,124)(H,111,127)(H,121,122)/t67-,68-,69-,70-,71-,72-,73-,74+,75-,76?,77?,78?,83-,84?,97?/m0/s1. The second-order valence-electron chi connectivity index (χ2n) is 35.2. The highest BCUT2D eigenvalue weighted by Gasteiger charge is 2.54. The number of aromatic hydroxyl groups is 2. The highest BCUT2D eigenvalue weighted by atomic mass is 32.2. The number of hydrogen-bond acceptors (Lipinski definition) is 22. The number of likely N-dealkylation sites (N-methyl/N-ethyl adjacent to an activating group) is 3. The van der Waals surface area contributed by atoms with E-state index in [4.69, 9.17) is 19.9 Å². The van der Waals surface area contributed by atoms with Crippen LogP contribution in [0, 0.1) is 23.4 Å². The predicted molar refractivity (Wildman–Crippen MR) is 498 cm³/mol. The summed E-state index contributed by atoms with van der Waals surface area (Å²) in [5, 5.41) is 56.2.